The van der Waals surface area contributed by atoms with Crippen molar-refractivity contribution in [1.82, 2.24) is 9.55 Å². The molecule has 150 valence electrons. The van der Waals surface area contributed by atoms with E-state index >= 15 is 0 Å². The second-order valence-electron chi connectivity index (χ2n) is 7.42. The zero-order valence-corrected chi connectivity index (χ0v) is 17.7. The van der Waals surface area contributed by atoms with Gasteiger partial charge in [0.1, 0.15) is 5.82 Å². The molecule has 1 aromatic heterocycles. The first-order valence-electron chi connectivity index (χ1n) is 10.3. The maximum absolute atomic E-state index is 6.63. The van der Waals surface area contributed by atoms with Crippen LogP contribution >= 0.6 is 11.6 Å². The lowest BCUT2D eigenvalue weighted by Gasteiger charge is -2.14. The number of imidazole rings is 1. The first-order valence-corrected chi connectivity index (χ1v) is 10.7. The first-order chi connectivity index (χ1) is 15.3. The maximum atomic E-state index is 6.63. The van der Waals surface area contributed by atoms with Crippen LogP contribution in [0.3, 0.4) is 0 Å². The van der Waals surface area contributed by atoms with Crippen molar-refractivity contribution in [3.05, 3.63) is 126 Å². The average molecular weight is 421 g/mol. The molecule has 4 aromatic carbocycles. The molecule has 2 nitrogen and oxygen atoms in total. The van der Waals surface area contributed by atoms with Crippen LogP contribution in [0.25, 0.3) is 33.9 Å². The van der Waals surface area contributed by atoms with Crippen molar-refractivity contribution < 1.29 is 0 Å². The lowest BCUT2D eigenvalue weighted by Crippen LogP contribution is -2.04. The van der Waals surface area contributed by atoms with Gasteiger partial charge in [-0.15, -0.1) is 0 Å². The molecule has 0 unspecified atom stereocenters. The fourth-order valence-electron chi connectivity index (χ4n) is 3.91. The summed E-state index contributed by atoms with van der Waals surface area (Å²) in [5.41, 5.74) is 6.40. The van der Waals surface area contributed by atoms with Gasteiger partial charge in [0.05, 0.1) is 16.4 Å². The Morgan fingerprint density at radius 3 is 1.81 bits per heavy atom. The van der Waals surface area contributed by atoms with Crippen LogP contribution in [0, 0.1) is 0 Å². The van der Waals surface area contributed by atoms with Gasteiger partial charge >= 0.3 is 0 Å². The average Bonchev–Trinajstić information content (AvgIpc) is 3.20. The van der Waals surface area contributed by atoms with Crippen molar-refractivity contribution in [3.8, 4) is 33.9 Å². The van der Waals surface area contributed by atoms with E-state index in [4.69, 9.17) is 16.6 Å². The molecule has 0 aliphatic heterocycles. The van der Waals surface area contributed by atoms with Crippen LogP contribution in [-0.2, 0) is 6.54 Å². The summed E-state index contributed by atoms with van der Waals surface area (Å²) >= 11 is 6.63. The number of rotatable bonds is 5. The first kappa shape index (κ1) is 19.3. The molecule has 5 rings (SSSR count). The van der Waals surface area contributed by atoms with Crippen molar-refractivity contribution in [3.63, 3.8) is 0 Å². The van der Waals surface area contributed by atoms with Gasteiger partial charge in [0.15, 0.2) is 0 Å². The molecule has 0 aliphatic rings. The van der Waals surface area contributed by atoms with Gasteiger partial charge in [-0.3, -0.25) is 0 Å². The molecule has 0 amide bonds. The molecule has 0 bridgehead atoms. The smallest absolute Gasteiger partial charge is 0.142 e. The molecule has 5 aromatic rings. The van der Waals surface area contributed by atoms with Crippen LogP contribution in [0.5, 0.6) is 0 Å². The van der Waals surface area contributed by atoms with E-state index < -0.39 is 0 Å². The van der Waals surface area contributed by atoms with Gasteiger partial charge < -0.3 is 4.57 Å². The Hall–Kier alpha value is -3.62. The van der Waals surface area contributed by atoms with Crippen LogP contribution in [0.1, 0.15) is 5.56 Å². The van der Waals surface area contributed by atoms with Crippen LogP contribution in [0.15, 0.2) is 115 Å². The Bertz CT molecular complexity index is 1290. The van der Waals surface area contributed by atoms with Gasteiger partial charge in [-0.2, -0.15) is 0 Å². The Morgan fingerprint density at radius 1 is 0.613 bits per heavy atom. The fraction of sp³-hybridized carbons (Fsp3) is 0.0357. The monoisotopic (exact) mass is 420 g/mol. The lowest BCUT2D eigenvalue weighted by molar-refractivity contribution is 0.814. The van der Waals surface area contributed by atoms with Gasteiger partial charge in [0.2, 0.25) is 0 Å². The van der Waals surface area contributed by atoms with Gasteiger partial charge in [-0.05, 0) is 17.7 Å². The highest BCUT2D eigenvalue weighted by Gasteiger charge is 2.22. The van der Waals surface area contributed by atoms with E-state index in [1.807, 2.05) is 42.5 Å². The Balaban J connectivity index is 1.82. The lowest BCUT2D eigenvalue weighted by atomic mass is 10.0. The predicted molar refractivity (Wildman–Crippen MR) is 129 cm³/mol. The molecule has 0 N–H and O–H groups in total. The molecular formula is C28H21ClN2. The van der Waals surface area contributed by atoms with Crippen molar-refractivity contribution in [2.24, 2.45) is 0 Å². The standard InChI is InChI=1S/C28H21ClN2/c29-25-19-11-10-18-24(25)28-30-26(22-14-6-2-7-15-22)27(23-16-8-3-9-17-23)31(28)20-21-12-4-1-5-13-21/h1-19H,20H2. The number of hydrogen-bond donors (Lipinski definition) is 0. The number of hydrogen-bond acceptors (Lipinski definition) is 1. The second-order valence-corrected chi connectivity index (χ2v) is 7.82. The van der Waals surface area contributed by atoms with E-state index in [1.54, 1.807) is 0 Å². The minimum absolute atomic E-state index is 0.695. The summed E-state index contributed by atoms with van der Waals surface area (Å²) < 4.78 is 2.29. The summed E-state index contributed by atoms with van der Waals surface area (Å²) in [6, 6.07) is 39.2. The zero-order chi connectivity index (χ0) is 21.0. The Kier molecular flexibility index (Phi) is 5.39. The third-order valence-corrected chi connectivity index (χ3v) is 5.69. The minimum Gasteiger partial charge on any atom is -0.319 e. The normalized spacial score (nSPS) is 10.9. The fourth-order valence-corrected chi connectivity index (χ4v) is 4.13. The van der Waals surface area contributed by atoms with Gasteiger partial charge in [0, 0.05) is 23.2 Å². The molecule has 0 atom stereocenters. The third-order valence-electron chi connectivity index (χ3n) is 5.36. The van der Waals surface area contributed by atoms with Crippen molar-refractivity contribution in [2.75, 3.05) is 0 Å². The molecule has 0 saturated carbocycles. The summed E-state index contributed by atoms with van der Waals surface area (Å²) in [4.78, 5) is 5.16. The van der Waals surface area contributed by atoms with E-state index in [0.29, 0.717) is 11.6 Å². The van der Waals surface area contributed by atoms with E-state index in [1.165, 1.54) is 5.56 Å². The number of nitrogens with zero attached hydrogens (tertiary/aromatic N) is 2. The SMILES string of the molecule is Clc1ccccc1-c1nc(-c2ccccc2)c(-c2ccccc2)n1Cc1ccccc1. The molecule has 31 heavy (non-hydrogen) atoms. The molecule has 0 aliphatic carbocycles. The molecule has 0 spiro atoms. The van der Waals surface area contributed by atoms with Crippen LogP contribution in [0.4, 0.5) is 0 Å². The van der Waals surface area contributed by atoms with Gasteiger partial charge in [-0.25, -0.2) is 4.98 Å². The highest BCUT2D eigenvalue weighted by Crippen LogP contribution is 2.38. The largest absolute Gasteiger partial charge is 0.319 e. The summed E-state index contributed by atoms with van der Waals surface area (Å²) in [5.74, 6) is 0.868. The van der Waals surface area contributed by atoms with E-state index in [2.05, 4.69) is 77.4 Å². The summed E-state index contributed by atoms with van der Waals surface area (Å²) in [6.07, 6.45) is 0. The van der Waals surface area contributed by atoms with E-state index in [-0.39, 0.29) is 0 Å². The quantitative estimate of drug-likeness (QED) is 0.286. The molecule has 1 heterocycles. The van der Waals surface area contributed by atoms with Crippen molar-refractivity contribution in [1.29, 1.82) is 0 Å². The zero-order valence-electron chi connectivity index (χ0n) is 16.9. The van der Waals surface area contributed by atoms with Gasteiger partial charge in [-0.1, -0.05) is 115 Å². The third kappa shape index (κ3) is 3.90. The number of aromatic nitrogens is 2. The Labute approximate surface area is 187 Å². The predicted octanol–water partition coefficient (Wildman–Crippen LogP) is 7.59. The molecular weight excluding hydrogens is 400 g/mol. The van der Waals surface area contributed by atoms with Crippen LogP contribution < -0.4 is 0 Å². The maximum Gasteiger partial charge on any atom is 0.142 e. The molecule has 3 heteroatoms. The number of halogens is 1. The molecule has 0 radical (unpaired) electrons. The van der Waals surface area contributed by atoms with Gasteiger partial charge in [0.25, 0.3) is 0 Å². The second kappa shape index (κ2) is 8.63. The summed E-state index contributed by atoms with van der Waals surface area (Å²) in [7, 11) is 0. The minimum atomic E-state index is 0.695. The molecule has 0 fully saturated rings. The topological polar surface area (TPSA) is 17.8 Å². The number of benzene rings is 4. The van der Waals surface area contributed by atoms with Crippen LogP contribution in [-0.4, -0.2) is 9.55 Å². The van der Waals surface area contributed by atoms with E-state index in [9.17, 15) is 0 Å². The van der Waals surface area contributed by atoms with Crippen molar-refractivity contribution >= 4 is 11.6 Å². The van der Waals surface area contributed by atoms with E-state index in [0.717, 1.165) is 33.9 Å². The van der Waals surface area contributed by atoms with Crippen molar-refractivity contribution in [2.45, 2.75) is 6.54 Å². The Morgan fingerprint density at radius 2 is 1.16 bits per heavy atom. The van der Waals surface area contributed by atoms with Crippen LogP contribution in [0.2, 0.25) is 5.02 Å². The highest BCUT2D eigenvalue weighted by molar-refractivity contribution is 6.33. The summed E-state index contributed by atoms with van der Waals surface area (Å²) in [5, 5.41) is 0.695. The highest BCUT2D eigenvalue weighted by atomic mass is 35.5. The summed E-state index contributed by atoms with van der Waals surface area (Å²) in [6.45, 7) is 0.700. The molecule has 0 saturated heterocycles.